The molecule has 0 rings (SSSR count). The normalized spacial score (nSPS) is 12.1. The Balaban J connectivity index is 3.73. The Kier molecular flexibility index (Phi) is 8.60. The van der Waals surface area contributed by atoms with Crippen LogP contribution in [0.25, 0.3) is 0 Å². The van der Waals surface area contributed by atoms with Crippen LogP contribution in [-0.4, -0.2) is 25.0 Å². The van der Waals surface area contributed by atoms with Gasteiger partial charge in [0.15, 0.2) is 0 Å². The first-order chi connectivity index (χ1) is 9.62. The number of nitrogens with one attached hydrogen (secondary N) is 1. The van der Waals surface area contributed by atoms with E-state index in [1.807, 2.05) is 0 Å². The summed E-state index contributed by atoms with van der Waals surface area (Å²) in [6.45, 7) is 13.4. The number of carbonyl (C=O) groups excluding carboxylic acids is 2. The van der Waals surface area contributed by atoms with E-state index in [1.54, 1.807) is 0 Å². The largest absolute Gasteiger partial charge is 0.464 e. The SMILES string of the molecule is CCC(C)(C)C(C)(C)CCCCCOC(=O)CNC(C)=O. The van der Waals surface area contributed by atoms with Gasteiger partial charge in [0.2, 0.25) is 5.91 Å². The highest BCUT2D eigenvalue weighted by Gasteiger charge is 2.34. The second-order valence-corrected chi connectivity index (χ2v) is 7.06. The summed E-state index contributed by atoms with van der Waals surface area (Å²) in [7, 11) is 0. The van der Waals surface area contributed by atoms with Crippen molar-refractivity contribution in [2.45, 2.75) is 73.6 Å². The maximum atomic E-state index is 11.3. The van der Waals surface area contributed by atoms with Crippen LogP contribution in [0.4, 0.5) is 0 Å². The molecule has 0 saturated carbocycles. The zero-order valence-electron chi connectivity index (χ0n) is 14.7. The van der Waals surface area contributed by atoms with E-state index in [-0.39, 0.29) is 18.4 Å². The van der Waals surface area contributed by atoms with Crippen LogP contribution in [0.1, 0.15) is 73.6 Å². The lowest BCUT2D eigenvalue weighted by atomic mass is 9.64. The summed E-state index contributed by atoms with van der Waals surface area (Å²) in [6, 6.07) is 0. The summed E-state index contributed by atoms with van der Waals surface area (Å²) in [6.07, 6.45) is 5.47. The molecule has 0 aliphatic rings. The van der Waals surface area contributed by atoms with Crippen molar-refractivity contribution >= 4 is 11.9 Å². The molecule has 0 radical (unpaired) electrons. The van der Waals surface area contributed by atoms with E-state index in [4.69, 9.17) is 4.74 Å². The van der Waals surface area contributed by atoms with Gasteiger partial charge < -0.3 is 10.1 Å². The molecule has 0 saturated heterocycles. The molecule has 0 bridgehead atoms. The van der Waals surface area contributed by atoms with Gasteiger partial charge in [-0.1, -0.05) is 53.9 Å². The molecule has 0 unspecified atom stereocenters. The monoisotopic (exact) mass is 299 g/mol. The van der Waals surface area contributed by atoms with Crippen LogP contribution in [0.3, 0.4) is 0 Å². The summed E-state index contributed by atoms with van der Waals surface area (Å²) in [5, 5.41) is 2.43. The minimum Gasteiger partial charge on any atom is -0.464 e. The van der Waals surface area contributed by atoms with E-state index in [2.05, 4.69) is 39.9 Å². The fourth-order valence-corrected chi connectivity index (χ4v) is 2.10. The van der Waals surface area contributed by atoms with Gasteiger partial charge in [-0.05, 0) is 23.7 Å². The molecule has 124 valence electrons. The number of hydrogen-bond acceptors (Lipinski definition) is 3. The van der Waals surface area contributed by atoms with Gasteiger partial charge in [-0.25, -0.2) is 0 Å². The molecule has 0 aliphatic heterocycles. The first kappa shape index (κ1) is 19.9. The molecule has 0 fully saturated rings. The lowest BCUT2D eigenvalue weighted by Gasteiger charge is -2.41. The molecule has 0 atom stereocenters. The number of amides is 1. The van der Waals surface area contributed by atoms with E-state index in [0.29, 0.717) is 17.4 Å². The predicted octanol–water partition coefficient (Wildman–Crippen LogP) is 3.69. The maximum absolute atomic E-state index is 11.3. The number of rotatable bonds is 10. The van der Waals surface area contributed by atoms with Gasteiger partial charge >= 0.3 is 5.97 Å². The number of esters is 1. The predicted molar refractivity (Wildman–Crippen MR) is 86.0 cm³/mol. The van der Waals surface area contributed by atoms with Gasteiger partial charge in [0.05, 0.1) is 6.61 Å². The molecule has 1 amide bonds. The quantitative estimate of drug-likeness (QED) is 0.494. The van der Waals surface area contributed by atoms with Crippen LogP contribution in [0.15, 0.2) is 0 Å². The summed E-state index contributed by atoms with van der Waals surface area (Å²) < 4.78 is 5.06. The second kappa shape index (κ2) is 9.06. The van der Waals surface area contributed by atoms with Crippen molar-refractivity contribution in [2.75, 3.05) is 13.2 Å². The molecule has 0 aromatic heterocycles. The van der Waals surface area contributed by atoms with E-state index < -0.39 is 0 Å². The highest BCUT2D eigenvalue weighted by molar-refractivity contribution is 5.80. The highest BCUT2D eigenvalue weighted by atomic mass is 16.5. The van der Waals surface area contributed by atoms with Gasteiger partial charge in [-0.15, -0.1) is 0 Å². The number of hydrogen-bond donors (Lipinski definition) is 1. The van der Waals surface area contributed by atoms with Gasteiger partial charge in [-0.3, -0.25) is 9.59 Å². The second-order valence-electron chi connectivity index (χ2n) is 7.06. The van der Waals surface area contributed by atoms with Crippen LogP contribution in [0.2, 0.25) is 0 Å². The van der Waals surface area contributed by atoms with E-state index in [0.717, 1.165) is 19.3 Å². The molecule has 4 nitrogen and oxygen atoms in total. The van der Waals surface area contributed by atoms with Crippen LogP contribution < -0.4 is 5.32 Å². The van der Waals surface area contributed by atoms with Crippen molar-refractivity contribution in [3.8, 4) is 0 Å². The Labute approximate surface area is 130 Å². The molecule has 0 aliphatic carbocycles. The van der Waals surface area contributed by atoms with Crippen molar-refractivity contribution < 1.29 is 14.3 Å². The van der Waals surface area contributed by atoms with Gasteiger partial charge in [-0.2, -0.15) is 0 Å². The lowest BCUT2D eigenvalue weighted by Crippen LogP contribution is -2.31. The van der Waals surface area contributed by atoms with Gasteiger partial charge in [0.25, 0.3) is 0 Å². The number of ether oxygens (including phenoxy) is 1. The summed E-state index contributed by atoms with van der Waals surface area (Å²) in [5.41, 5.74) is 0.668. The fourth-order valence-electron chi connectivity index (χ4n) is 2.10. The highest BCUT2D eigenvalue weighted by Crippen LogP contribution is 2.44. The van der Waals surface area contributed by atoms with Crippen LogP contribution in [0, 0.1) is 10.8 Å². The summed E-state index contributed by atoms with van der Waals surface area (Å²) in [5.74, 6) is -0.578. The number of unbranched alkanes of at least 4 members (excludes halogenated alkanes) is 2. The molecule has 1 N–H and O–H groups in total. The summed E-state index contributed by atoms with van der Waals surface area (Å²) >= 11 is 0. The zero-order chi connectivity index (χ0) is 16.5. The molecule has 4 heteroatoms. The van der Waals surface area contributed by atoms with E-state index >= 15 is 0 Å². The first-order valence-corrected chi connectivity index (χ1v) is 8.02. The van der Waals surface area contributed by atoms with Crippen molar-refractivity contribution in [1.29, 1.82) is 0 Å². The molecular formula is C17H33NO3. The van der Waals surface area contributed by atoms with Crippen molar-refractivity contribution in [1.82, 2.24) is 5.32 Å². The smallest absolute Gasteiger partial charge is 0.325 e. The Morgan fingerprint density at radius 3 is 2.14 bits per heavy atom. The molecule has 0 heterocycles. The molecule has 0 aromatic carbocycles. The van der Waals surface area contributed by atoms with E-state index in [9.17, 15) is 9.59 Å². The fraction of sp³-hybridized carbons (Fsp3) is 0.882. The van der Waals surface area contributed by atoms with Crippen LogP contribution >= 0.6 is 0 Å². The number of carbonyl (C=O) groups is 2. The Bertz CT molecular complexity index is 335. The van der Waals surface area contributed by atoms with Crippen molar-refractivity contribution in [3.63, 3.8) is 0 Å². The van der Waals surface area contributed by atoms with Gasteiger partial charge in [0.1, 0.15) is 6.54 Å². The Morgan fingerprint density at radius 2 is 1.62 bits per heavy atom. The summed E-state index contributed by atoms with van der Waals surface area (Å²) in [4.78, 5) is 21.9. The average Bonchev–Trinajstić information content (AvgIpc) is 2.39. The van der Waals surface area contributed by atoms with Gasteiger partial charge in [0, 0.05) is 6.92 Å². The Morgan fingerprint density at radius 1 is 1.00 bits per heavy atom. The maximum Gasteiger partial charge on any atom is 0.325 e. The van der Waals surface area contributed by atoms with Crippen molar-refractivity contribution in [3.05, 3.63) is 0 Å². The molecule has 0 spiro atoms. The molecular weight excluding hydrogens is 266 g/mol. The molecule has 0 aromatic rings. The van der Waals surface area contributed by atoms with E-state index in [1.165, 1.54) is 19.8 Å². The third kappa shape index (κ3) is 8.08. The van der Waals surface area contributed by atoms with Crippen LogP contribution in [-0.2, 0) is 14.3 Å². The van der Waals surface area contributed by atoms with Crippen molar-refractivity contribution in [2.24, 2.45) is 10.8 Å². The third-order valence-corrected chi connectivity index (χ3v) is 4.91. The zero-order valence-corrected chi connectivity index (χ0v) is 14.7. The lowest BCUT2D eigenvalue weighted by molar-refractivity contribution is -0.143. The first-order valence-electron chi connectivity index (χ1n) is 8.02. The minimum absolute atomic E-state index is 0.0347. The average molecular weight is 299 g/mol. The standard InChI is InChI=1S/C17H33NO3/c1-7-16(3,4)17(5,6)11-9-8-10-12-21-15(20)13-18-14(2)19/h7-13H2,1-6H3,(H,18,19). The van der Waals surface area contributed by atoms with Crippen LogP contribution in [0.5, 0.6) is 0 Å². The minimum atomic E-state index is -0.363. The third-order valence-electron chi connectivity index (χ3n) is 4.91. The topological polar surface area (TPSA) is 55.4 Å². The molecule has 21 heavy (non-hydrogen) atoms. The Hall–Kier alpha value is -1.06.